The normalized spacial score (nSPS) is 41.5. The summed E-state index contributed by atoms with van der Waals surface area (Å²) in [6.45, 7) is 5.82. The lowest BCUT2D eigenvalue weighted by Gasteiger charge is -2.45. The van der Waals surface area contributed by atoms with Gasteiger partial charge >= 0.3 is 0 Å². The van der Waals surface area contributed by atoms with E-state index in [0.29, 0.717) is 6.42 Å². The van der Waals surface area contributed by atoms with E-state index in [2.05, 4.69) is 11.9 Å². The minimum absolute atomic E-state index is 0.0728. The molecule has 0 radical (unpaired) electrons. The zero-order valence-corrected chi connectivity index (χ0v) is 13.6. The van der Waals surface area contributed by atoms with Crippen molar-refractivity contribution in [3.63, 3.8) is 0 Å². The average Bonchev–Trinajstić information content (AvgIpc) is 2.82. The third-order valence-corrected chi connectivity index (χ3v) is 5.09. The molecule has 3 aliphatic heterocycles. The van der Waals surface area contributed by atoms with Crippen LogP contribution in [-0.2, 0) is 23.8 Å². The molecule has 8 heteroatoms. The topological polar surface area (TPSA) is 114 Å². The monoisotopic (exact) mass is 341 g/mol. The molecule has 3 rings (SSSR count). The number of nitrogens with one attached hydrogen (secondary N) is 1. The summed E-state index contributed by atoms with van der Waals surface area (Å²) in [7, 11) is 0. The van der Waals surface area contributed by atoms with Gasteiger partial charge in [-0.05, 0) is 12.0 Å². The van der Waals surface area contributed by atoms with Crippen LogP contribution in [0.5, 0.6) is 0 Å². The van der Waals surface area contributed by atoms with Gasteiger partial charge in [0.05, 0.1) is 12.7 Å². The SMILES string of the molecule is C=C1CO[C@@](O)([C@H]2OCO[C@@H](C3CC(=O)NC(=O)C3)[C@H]2O)[C@@H]1CC. The largest absolute Gasteiger partial charge is 0.387 e. The molecule has 24 heavy (non-hydrogen) atoms. The number of hydrogen-bond acceptors (Lipinski definition) is 7. The lowest BCUT2D eigenvalue weighted by atomic mass is 9.80. The zero-order chi connectivity index (χ0) is 17.5. The summed E-state index contributed by atoms with van der Waals surface area (Å²) in [5.41, 5.74) is 0.742. The molecule has 134 valence electrons. The maximum atomic E-state index is 11.6. The summed E-state index contributed by atoms with van der Waals surface area (Å²) >= 11 is 0. The molecule has 0 aromatic rings. The van der Waals surface area contributed by atoms with Gasteiger partial charge < -0.3 is 24.4 Å². The van der Waals surface area contributed by atoms with Crippen molar-refractivity contribution in [1.29, 1.82) is 0 Å². The van der Waals surface area contributed by atoms with Gasteiger partial charge in [0.1, 0.15) is 19.0 Å². The highest BCUT2D eigenvalue weighted by molar-refractivity contribution is 5.97. The second-order valence-electron chi connectivity index (χ2n) is 6.63. The van der Waals surface area contributed by atoms with Gasteiger partial charge in [-0.15, -0.1) is 0 Å². The number of aliphatic hydroxyl groups is 2. The Morgan fingerprint density at radius 1 is 1.29 bits per heavy atom. The van der Waals surface area contributed by atoms with E-state index in [-0.39, 0.29) is 32.2 Å². The van der Waals surface area contributed by atoms with Crippen LogP contribution in [0.1, 0.15) is 26.2 Å². The number of aliphatic hydroxyl groups excluding tert-OH is 1. The Labute approximate surface area is 139 Å². The molecular formula is C16H23NO7. The van der Waals surface area contributed by atoms with Crippen molar-refractivity contribution in [2.75, 3.05) is 13.4 Å². The smallest absolute Gasteiger partial charge is 0.226 e. The molecule has 8 nitrogen and oxygen atoms in total. The fourth-order valence-electron chi connectivity index (χ4n) is 3.94. The van der Waals surface area contributed by atoms with Crippen LogP contribution < -0.4 is 5.32 Å². The molecule has 3 aliphatic rings. The molecule has 5 atom stereocenters. The summed E-state index contributed by atoms with van der Waals surface area (Å²) in [5.74, 6) is -3.33. The Hall–Kier alpha value is -1.32. The fourth-order valence-corrected chi connectivity index (χ4v) is 3.94. The average molecular weight is 341 g/mol. The lowest BCUT2D eigenvalue weighted by Crippen LogP contribution is -2.62. The molecule has 3 fully saturated rings. The number of carbonyl (C=O) groups is 2. The van der Waals surface area contributed by atoms with Crippen molar-refractivity contribution in [3.05, 3.63) is 12.2 Å². The summed E-state index contributed by atoms with van der Waals surface area (Å²) in [6.07, 6.45) is -2.34. The van der Waals surface area contributed by atoms with E-state index in [9.17, 15) is 19.8 Å². The predicted molar refractivity (Wildman–Crippen MR) is 80.3 cm³/mol. The molecule has 2 amide bonds. The summed E-state index contributed by atoms with van der Waals surface area (Å²) in [6, 6.07) is 0. The van der Waals surface area contributed by atoms with Crippen molar-refractivity contribution >= 4 is 11.8 Å². The second kappa shape index (κ2) is 6.53. The summed E-state index contributed by atoms with van der Waals surface area (Å²) < 4.78 is 16.4. The number of hydrogen-bond donors (Lipinski definition) is 3. The van der Waals surface area contributed by atoms with Crippen LogP contribution in [-0.4, -0.2) is 59.5 Å². The minimum Gasteiger partial charge on any atom is -0.387 e. The number of ether oxygens (including phenoxy) is 3. The zero-order valence-electron chi connectivity index (χ0n) is 13.6. The molecule has 3 heterocycles. The van der Waals surface area contributed by atoms with Gasteiger partial charge in [-0.2, -0.15) is 0 Å². The third kappa shape index (κ3) is 2.89. The maximum absolute atomic E-state index is 11.6. The van der Waals surface area contributed by atoms with Gasteiger partial charge in [0.2, 0.25) is 17.6 Å². The third-order valence-electron chi connectivity index (χ3n) is 5.09. The summed E-state index contributed by atoms with van der Waals surface area (Å²) in [5, 5.41) is 23.9. The Bertz CT molecular complexity index is 535. The Kier molecular flexibility index (Phi) is 4.76. The van der Waals surface area contributed by atoms with Crippen molar-refractivity contribution in [1.82, 2.24) is 5.32 Å². The van der Waals surface area contributed by atoms with E-state index in [1.54, 1.807) is 0 Å². The van der Waals surface area contributed by atoms with Crippen LogP contribution in [0.25, 0.3) is 0 Å². The highest BCUT2D eigenvalue weighted by atomic mass is 16.7. The van der Waals surface area contributed by atoms with E-state index in [1.807, 2.05) is 6.92 Å². The van der Waals surface area contributed by atoms with E-state index in [0.717, 1.165) is 5.57 Å². The first kappa shape index (κ1) is 17.5. The molecule has 0 aromatic heterocycles. The Balaban J connectivity index is 1.80. The second-order valence-corrected chi connectivity index (χ2v) is 6.63. The number of rotatable bonds is 3. The first-order chi connectivity index (χ1) is 11.4. The van der Waals surface area contributed by atoms with Gasteiger partial charge in [-0.3, -0.25) is 14.9 Å². The summed E-state index contributed by atoms with van der Waals surface area (Å²) in [4.78, 5) is 23.2. The van der Waals surface area contributed by atoms with Crippen LogP contribution in [0.4, 0.5) is 0 Å². The van der Waals surface area contributed by atoms with Gasteiger partial charge in [-0.25, -0.2) is 0 Å². The van der Waals surface area contributed by atoms with Crippen LogP contribution in [0.2, 0.25) is 0 Å². The minimum atomic E-state index is -1.70. The molecule has 0 saturated carbocycles. The van der Waals surface area contributed by atoms with Crippen LogP contribution in [0.15, 0.2) is 12.2 Å². The molecule has 0 spiro atoms. The maximum Gasteiger partial charge on any atom is 0.226 e. The van der Waals surface area contributed by atoms with Crippen molar-refractivity contribution in [2.24, 2.45) is 11.8 Å². The number of piperidine rings is 1. The molecule has 0 aliphatic carbocycles. The first-order valence-corrected chi connectivity index (χ1v) is 8.14. The van der Waals surface area contributed by atoms with Crippen molar-refractivity contribution in [3.8, 4) is 0 Å². The molecule has 0 bridgehead atoms. The number of amides is 2. The van der Waals surface area contributed by atoms with E-state index in [1.165, 1.54) is 0 Å². The van der Waals surface area contributed by atoms with E-state index >= 15 is 0 Å². The van der Waals surface area contributed by atoms with Crippen LogP contribution >= 0.6 is 0 Å². The molecule has 0 aromatic carbocycles. The van der Waals surface area contributed by atoms with Crippen LogP contribution in [0, 0.1) is 11.8 Å². The Morgan fingerprint density at radius 2 is 1.96 bits per heavy atom. The van der Waals surface area contributed by atoms with Gasteiger partial charge in [0.25, 0.3) is 0 Å². The number of carbonyl (C=O) groups excluding carboxylic acids is 2. The highest BCUT2D eigenvalue weighted by Gasteiger charge is 2.57. The highest BCUT2D eigenvalue weighted by Crippen LogP contribution is 2.42. The quantitative estimate of drug-likeness (QED) is 0.466. The Morgan fingerprint density at radius 3 is 2.58 bits per heavy atom. The van der Waals surface area contributed by atoms with Crippen molar-refractivity contribution < 1.29 is 34.0 Å². The van der Waals surface area contributed by atoms with Crippen molar-refractivity contribution in [2.45, 2.75) is 50.3 Å². The number of imide groups is 1. The molecule has 3 saturated heterocycles. The van der Waals surface area contributed by atoms with Gasteiger partial charge in [0.15, 0.2) is 0 Å². The van der Waals surface area contributed by atoms with E-state index in [4.69, 9.17) is 14.2 Å². The molecule has 0 unspecified atom stereocenters. The van der Waals surface area contributed by atoms with Crippen LogP contribution in [0.3, 0.4) is 0 Å². The standard InChI is InChI=1S/C16H23NO7/c1-3-10-8(2)6-24-16(10,21)15-13(20)14(22-7-23-15)9-4-11(18)17-12(19)5-9/h9-10,13-15,20-21H,2-7H2,1H3,(H,17,18,19)/t10-,13-,14+,15+,16-/m1/s1. The fraction of sp³-hybridized carbons (Fsp3) is 0.750. The van der Waals surface area contributed by atoms with E-state index < -0.39 is 41.8 Å². The molecule has 3 N–H and O–H groups in total. The predicted octanol–water partition coefficient (Wildman–Crippen LogP) is -0.557. The first-order valence-electron chi connectivity index (χ1n) is 8.14. The van der Waals surface area contributed by atoms with Gasteiger partial charge in [0, 0.05) is 24.7 Å². The lowest BCUT2D eigenvalue weighted by molar-refractivity contribution is -0.340. The van der Waals surface area contributed by atoms with Gasteiger partial charge in [-0.1, -0.05) is 13.5 Å². The molecular weight excluding hydrogens is 318 g/mol.